The Hall–Kier alpha value is -2.66. The van der Waals surface area contributed by atoms with Crippen LogP contribution in [0.4, 0.5) is 0 Å². The average Bonchev–Trinajstić information content (AvgIpc) is 2.86. The zero-order valence-corrected chi connectivity index (χ0v) is 11.1. The molecule has 3 N–H and O–H groups in total. The quantitative estimate of drug-likeness (QED) is 0.505. The molecule has 3 rings (SSSR count). The van der Waals surface area contributed by atoms with Crippen molar-refractivity contribution in [2.24, 2.45) is 5.84 Å². The van der Waals surface area contributed by atoms with E-state index in [-0.39, 0.29) is 18.4 Å². The Kier molecular flexibility index (Phi) is 3.41. The Morgan fingerprint density at radius 2 is 1.95 bits per heavy atom. The van der Waals surface area contributed by atoms with Gasteiger partial charge in [-0.2, -0.15) is 0 Å². The van der Waals surface area contributed by atoms with E-state index in [2.05, 4.69) is 5.43 Å². The summed E-state index contributed by atoms with van der Waals surface area (Å²) in [5.41, 5.74) is 6.51. The van der Waals surface area contributed by atoms with E-state index >= 15 is 0 Å². The molecule has 1 aliphatic carbocycles. The number of nitrogen functional groups attached to an aromatic ring is 1. The fourth-order valence-electron chi connectivity index (χ4n) is 2.94. The topological polar surface area (TPSA) is 81.4 Å². The number of carbonyl (C=O) groups excluding carboxylic acids is 2. The standard InChI is InChI=1S/C16H13N2O3/c17-18-16(20)13-7-3-6-12-10-4-1-2-5-11(10)14(15(12)13)8-21-9-19/h1-7,14H,8,17H2,(H,18,20). The molecule has 1 aliphatic rings. The molecule has 0 bridgehead atoms. The van der Waals surface area contributed by atoms with Crippen LogP contribution in [0.1, 0.15) is 27.4 Å². The molecular formula is C16H13N2O3. The molecule has 0 saturated carbocycles. The summed E-state index contributed by atoms with van der Waals surface area (Å²) in [6.45, 7) is 1.58. The van der Waals surface area contributed by atoms with Gasteiger partial charge in [0.1, 0.15) is 6.61 Å². The predicted octanol–water partition coefficient (Wildman–Crippen LogP) is 1.49. The third-order valence-corrected chi connectivity index (χ3v) is 3.77. The number of hydrogen-bond acceptors (Lipinski definition) is 4. The normalized spacial score (nSPS) is 15.0. The Balaban J connectivity index is 2.20. The lowest BCUT2D eigenvalue weighted by atomic mass is 9.93. The summed E-state index contributed by atoms with van der Waals surface area (Å²) < 4.78 is 4.83. The molecule has 0 aromatic heterocycles. The van der Waals surface area contributed by atoms with Crippen molar-refractivity contribution in [1.82, 2.24) is 5.43 Å². The first kappa shape index (κ1) is 13.3. The number of amides is 1. The Labute approximate surface area is 121 Å². The third-order valence-electron chi connectivity index (χ3n) is 3.77. The molecule has 1 unspecified atom stereocenters. The van der Waals surface area contributed by atoms with Gasteiger partial charge >= 0.3 is 6.47 Å². The van der Waals surface area contributed by atoms with Crippen molar-refractivity contribution >= 4 is 12.4 Å². The van der Waals surface area contributed by atoms with E-state index in [1.807, 2.05) is 36.4 Å². The minimum atomic E-state index is -0.361. The smallest absolute Gasteiger partial charge is 0.417 e. The van der Waals surface area contributed by atoms with Crippen LogP contribution in [0.25, 0.3) is 11.1 Å². The number of nitrogens with two attached hydrogens (primary N) is 1. The molecule has 21 heavy (non-hydrogen) atoms. The van der Waals surface area contributed by atoms with Crippen molar-refractivity contribution < 1.29 is 14.3 Å². The first-order valence-electron chi connectivity index (χ1n) is 6.50. The zero-order valence-electron chi connectivity index (χ0n) is 11.1. The number of ether oxygens (including phenoxy) is 1. The van der Waals surface area contributed by atoms with Crippen molar-refractivity contribution in [2.45, 2.75) is 5.92 Å². The van der Waals surface area contributed by atoms with Crippen LogP contribution >= 0.6 is 0 Å². The van der Waals surface area contributed by atoms with Crippen LogP contribution in [-0.2, 0) is 9.53 Å². The fourth-order valence-corrected chi connectivity index (χ4v) is 2.94. The second kappa shape index (κ2) is 5.38. The van der Waals surface area contributed by atoms with Gasteiger partial charge in [0.2, 0.25) is 0 Å². The van der Waals surface area contributed by atoms with Gasteiger partial charge in [-0.05, 0) is 28.3 Å². The fraction of sp³-hybridized carbons (Fsp3) is 0.125. The molecule has 1 amide bonds. The number of hydrogen-bond donors (Lipinski definition) is 2. The summed E-state index contributed by atoms with van der Waals surface area (Å²) in [6.07, 6.45) is 0. The van der Waals surface area contributed by atoms with Crippen LogP contribution in [-0.4, -0.2) is 19.0 Å². The summed E-state index contributed by atoms with van der Waals surface area (Å²) in [5, 5.41) is 0. The highest BCUT2D eigenvalue weighted by atomic mass is 16.5. The van der Waals surface area contributed by atoms with E-state index in [1.165, 1.54) is 6.47 Å². The van der Waals surface area contributed by atoms with Crippen molar-refractivity contribution in [2.75, 3.05) is 6.61 Å². The minimum absolute atomic E-state index is 0.141. The summed E-state index contributed by atoms with van der Waals surface area (Å²) >= 11 is 0. The summed E-state index contributed by atoms with van der Waals surface area (Å²) in [5.74, 6) is 4.71. The first-order chi connectivity index (χ1) is 10.3. The lowest BCUT2D eigenvalue weighted by molar-refractivity contribution is 0.0952. The molecule has 0 spiro atoms. The van der Waals surface area contributed by atoms with Crippen LogP contribution in [0.3, 0.4) is 0 Å². The van der Waals surface area contributed by atoms with Crippen LogP contribution < -0.4 is 11.3 Å². The second-order valence-corrected chi connectivity index (χ2v) is 4.77. The SMILES string of the molecule is NNC(=O)c1cccc2c1C(CO[C]=O)c1ccccc1-2. The van der Waals surface area contributed by atoms with Crippen molar-refractivity contribution in [3.8, 4) is 11.1 Å². The molecule has 2 aromatic rings. The summed E-state index contributed by atoms with van der Waals surface area (Å²) in [6, 6.07) is 13.3. The van der Waals surface area contributed by atoms with Crippen LogP contribution in [0.2, 0.25) is 0 Å². The highest BCUT2D eigenvalue weighted by Crippen LogP contribution is 2.46. The highest BCUT2D eigenvalue weighted by molar-refractivity contribution is 5.99. The van der Waals surface area contributed by atoms with E-state index in [9.17, 15) is 9.59 Å². The average molecular weight is 281 g/mol. The molecular weight excluding hydrogens is 268 g/mol. The maximum atomic E-state index is 12.0. The van der Waals surface area contributed by atoms with Gasteiger partial charge in [0.05, 0.1) is 0 Å². The largest absolute Gasteiger partial charge is 0.456 e. The van der Waals surface area contributed by atoms with Gasteiger partial charge in [-0.25, -0.2) is 10.6 Å². The van der Waals surface area contributed by atoms with E-state index in [0.717, 1.165) is 22.3 Å². The van der Waals surface area contributed by atoms with Gasteiger partial charge in [-0.15, -0.1) is 0 Å². The molecule has 2 aromatic carbocycles. The minimum Gasteiger partial charge on any atom is -0.456 e. The first-order valence-corrected chi connectivity index (χ1v) is 6.50. The lowest BCUT2D eigenvalue weighted by Gasteiger charge is -2.15. The molecule has 0 aliphatic heterocycles. The van der Waals surface area contributed by atoms with E-state index in [1.54, 1.807) is 6.07 Å². The number of carbonyl (C=O) groups is 1. The van der Waals surface area contributed by atoms with Gasteiger partial charge in [0.15, 0.2) is 0 Å². The van der Waals surface area contributed by atoms with Crippen LogP contribution in [0.15, 0.2) is 42.5 Å². The van der Waals surface area contributed by atoms with Gasteiger partial charge in [0.25, 0.3) is 5.91 Å². The number of rotatable bonds is 4. The Morgan fingerprint density at radius 3 is 2.71 bits per heavy atom. The highest BCUT2D eigenvalue weighted by Gasteiger charge is 2.32. The van der Waals surface area contributed by atoms with Crippen molar-refractivity contribution in [1.29, 1.82) is 0 Å². The predicted molar refractivity (Wildman–Crippen MR) is 77.0 cm³/mol. The van der Waals surface area contributed by atoms with Crippen molar-refractivity contribution in [3.05, 3.63) is 59.2 Å². The third kappa shape index (κ3) is 2.08. The van der Waals surface area contributed by atoms with E-state index in [4.69, 9.17) is 10.6 Å². The molecule has 0 saturated heterocycles. The molecule has 1 radical (unpaired) electrons. The number of fused-ring (bicyclic) bond motifs is 3. The maximum Gasteiger partial charge on any atom is 0.417 e. The molecule has 5 nitrogen and oxygen atoms in total. The van der Waals surface area contributed by atoms with Crippen molar-refractivity contribution in [3.63, 3.8) is 0 Å². The molecule has 5 heteroatoms. The van der Waals surface area contributed by atoms with Gasteiger partial charge in [-0.3, -0.25) is 10.2 Å². The molecule has 105 valence electrons. The summed E-state index contributed by atoms with van der Waals surface area (Å²) in [7, 11) is 0. The summed E-state index contributed by atoms with van der Waals surface area (Å²) in [4.78, 5) is 22.4. The molecule has 1 atom stereocenters. The van der Waals surface area contributed by atoms with Gasteiger partial charge in [-0.1, -0.05) is 36.4 Å². The number of hydrazine groups is 1. The second-order valence-electron chi connectivity index (χ2n) is 4.77. The van der Waals surface area contributed by atoms with Crippen LogP contribution in [0.5, 0.6) is 0 Å². The number of benzene rings is 2. The van der Waals surface area contributed by atoms with E-state index in [0.29, 0.717) is 5.56 Å². The van der Waals surface area contributed by atoms with Gasteiger partial charge < -0.3 is 4.74 Å². The Bertz CT molecular complexity index is 712. The molecule has 0 heterocycles. The van der Waals surface area contributed by atoms with E-state index < -0.39 is 0 Å². The number of nitrogens with one attached hydrogen (secondary N) is 1. The van der Waals surface area contributed by atoms with Gasteiger partial charge in [0, 0.05) is 11.5 Å². The lowest BCUT2D eigenvalue weighted by Crippen LogP contribution is -2.31. The molecule has 0 fully saturated rings. The zero-order chi connectivity index (χ0) is 14.8. The Morgan fingerprint density at radius 1 is 1.19 bits per heavy atom. The maximum absolute atomic E-state index is 12.0. The monoisotopic (exact) mass is 281 g/mol. The van der Waals surface area contributed by atoms with Crippen LogP contribution in [0, 0.1) is 0 Å².